The van der Waals surface area contributed by atoms with Crippen molar-refractivity contribution in [1.29, 1.82) is 0 Å². The van der Waals surface area contributed by atoms with Gasteiger partial charge in [-0.1, -0.05) is 41.9 Å². The number of halogens is 1. The van der Waals surface area contributed by atoms with Crippen molar-refractivity contribution in [2.45, 2.75) is 44.2 Å². The highest BCUT2D eigenvalue weighted by Crippen LogP contribution is 2.30. The molecule has 278 valence electrons. The van der Waals surface area contributed by atoms with Crippen LogP contribution in [0.1, 0.15) is 57.9 Å². The zero-order chi connectivity index (χ0) is 38.2. The van der Waals surface area contributed by atoms with Crippen LogP contribution in [0.5, 0.6) is 0 Å². The van der Waals surface area contributed by atoms with Gasteiger partial charge in [0.2, 0.25) is 5.95 Å². The summed E-state index contributed by atoms with van der Waals surface area (Å²) in [6, 6.07) is 19.7. The second kappa shape index (κ2) is 16.9. The summed E-state index contributed by atoms with van der Waals surface area (Å²) in [6.07, 6.45) is 8.87. The van der Waals surface area contributed by atoms with Gasteiger partial charge in [-0.05, 0) is 84.7 Å². The number of aromatic nitrogens is 6. The number of aryl methyl sites for hydroxylation is 1. The number of H-pyrrole nitrogens is 2. The second-order valence-corrected chi connectivity index (χ2v) is 13.3. The summed E-state index contributed by atoms with van der Waals surface area (Å²) in [7, 11) is 0. The number of nitrogens with zero attached hydrogens (tertiary/aromatic N) is 4. The van der Waals surface area contributed by atoms with E-state index in [1.54, 1.807) is 36.8 Å². The molecule has 54 heavy (non-hydrogen) atoms. The number of fused-ring (bicyclic) bond motifs is 2. The van der Waals surface area contributed by atoms with Crippen molar-refractivity contribution in [2.75, 3.05) is 17.6 Å². The summed E-state index contributed by atoms with van der Waals surface area (Å²) >= 11 is 6.17. The van der Waals surface area contributed by atoms with Crippen LogP contribution in [0.3, 0.4) is 0 Å². The molecule has 3 atom stereocenters. The highest BCUT2D eigenvalue weighted by atomic mass is 35.5. The molecule has 0 saturated carbocycles. The van der Waals surface area contributed by atoms with E-state index < -0.39 is 23.9 Å². The first-order valence-electron chi connectivity index (χ1n) is 17.2. The molecule has 8 N–H and O–H groups in total. The number of anilines is 2. The van der Waals surface area contributed by atoms with Crippen molar-refractivity contribution < 1.29 is 24.6 Å². The molecular formula is C38H38ClN9O6. The number of aromatic amines is 2. The third kappa shape index (κ3) is 9.30. The topological polar surface area (TPSA) is 234 Å². The van der Waals surface area contributed by atoms with E-state index >= 15 is 0 Å². The SMILES string of the molecule is Clc1cccc(C(c2ccc3[nH]cnc3c2)n2ccnc2)c1.Nc1nc(=O)c2c([nH]1)NC[C@H](CCc1ccc(C(=O)N[C@@H](CCC(=O)O)C(=O)O)cc1)C2. The maximum Gasteiger partial charge on any atom is 0.326 e. The lowest BCUT2D eigenvalue weighted by Crippen LogP contribution is -2.41. The minimum Gasteiger partial charge on any atom is -0.481 e. The van der Waals surface area contributed by atoms with Crippen LogP contribution in [0, 0.1) is 5.92 Å². The van der Waals surface area contributed by atoms with Gasteiger partial charge in [0.15, 0.2) is 0 Å². The molecule has 6 aromatic rings. The average molecular weight is 752 g/mol. The van der Waals surface area contributed by atoms with Gasteiger partial charge >= 0.3 is 11.9 Å². The number of rotatable bonds is 12. The summed E-state index contributed by atoms with van der Waals surface area (Å²) in [4.78, 5) is 64.5. The first kappa shape index (κ1) is 37.3. The number of carbonyl (C=O) groups excluding carboxylic acids is 1. The maximum absolute atomic E-state index is 12.3. The maximum atomic E-state index is 12.3. The largest absolute Gasteiger partial charge is 0.481 e. The van der Waals surface area contributed by atoms with E-state index in [4.69, 9.17) is 27.5 Å². The molecular weight excluding hydrogens is 714 g/mol. The Kier molecular flexibility index (Phi) is 11.7. The Morgan fingerprint density at radius 3 is 2.57 bits per heavy atom. The smallest absolute Gasteiger partial charge is 0.326 e. The molecule has 15 nitrogen and oxygen atoms in total. The zero-order valence-corrected chi connectivity index (χ0v) is 29.7. The van der Waals surface area contributed by atoms with Gasteiger partial charge in [0.25, 0.3) is 11.5 Å². The van der Waals surface area contributed by atoms with Crippen LogP contribution in [0.15, 0.2) is 96.6 Å². The summed E-state index contributed by atoms with van der Waals surface area (Å²) in [5.74, 6) is -2.04. The fraction of sp³-hybridized carbons (Fsp3) is 0.237. The number of hydrogen-bond donors (Lipinski definition) is 7. The van der Waals surface area contributed by atoms with Crippen LogP contribution in [0.25, 0.3) is 11.0 Å². The molecule has 4 heterocycles. The predicted octanol–water partition coefficient (Wildman–Crippen LogP) is 4.67. The molecule has 1 amide bonds. The normalized spacial score (nSPS) is 14.5. The van der Waals surface area contributed by atoms with Crippen molar-refractivity contribution in [3.8, 4) is 0 Å². The summed E-state index contributed by atoms with van der Waals surface area (Å²) in [6.45, 7) is 0.694. The van der Waals surface area contributed by atoms with Gasteiger partial charge in [0, 0.05) is 35.9 Å². The molecule has 0 saturated heterocycles. The Bertz CT molecular complexity index is 2310. The van der Waals surface area contributed by atoms with Crippen molar-refractivity contribution in [1.82, 2.24) is 34.8 Å². The number of carboxylic acid groups (broad SMARTS) is 2. The third-order valence-corrected chi connectivity index (χ3v) is 9.39. The summed E-state index contributed by atoms with van der Waals surface area (Å²) in [5.41, 5.74) is 11.3. The first-order chi connectivity index (χ1) is 26.0. The Morgan fingerprint density at radius 1 is 1.06 bits per heavy atom. The van der Waals surface area contributed by atoms with Crippen LogP contribution in [-0.4, -0.2) is 70.1 Å². The molecule has 0 aliphatic carbocycles. The lowest BCUT2D eigenvalue weighted by atomic mass is 9.91. The lowest BCUT2D eigenvalue weighted by molar-refractivity contribution is -0.140. The molecule has 0 bridgehead atoms. The van der Waals surface area contributed by atoms with E-state index in [0.717, 1.165) is 45.6 Å². The van der Waals surface area contributed by atoms with Crippen LogP contribution in [0.2, 0.25) is 5.02 Å². The zero-order valence-electron chi connectivity index (χ0n) is 28.9. The van der Waals surface area contributed by atoms with Crippen molar-refractivity contribution in [3.05, 3.63) is 135 Å². The number of nitrogens with one attached hydrogen (secondary N) is 4. The molecule has 3 aromatic carbocycles. The average Bonchev–Trinajstić information content (AvgIpc) is 3.86. The van der Waals surface area contributed by atoms with Crippen LogP contribution in [-0.2, 0) is 22.4 Å². The highest BCUT2D eigenvalue weighted by molar-refractivity contribution is 6.30. The highest BCUT2D eigenvalue weighted by Gasteiger charge is 2.24. The number of nitrogen functional groups attached to an aromatic ring is 1. The Morgan fingerprint density at radius 2 is 1.85 bits per heavy atom. The number of hydrogen-bond acceptors (Lipinski definition) is 9. The van der Waals surface area contributed by atoms with Gasteiger partial charge in [-0.15, -0.1) is 0 Å². The standard InChI is InChI=1S/C21H25N5O6.C17H13ClN4/c22-21-25-17-14(19(30)26-21)9-12(10-23-17)2-1-11-3-5-13(6-4-11)18(29)24-15(20(31)32)7-8-16(27)28;18-14-3-1-2-12(8-14)17(22-7-6-19-11-22)13-4-5-15-16(9-13)21-10-20-15/h3-6,12,15H,1-2,7-10H2,(H,24,29)(H,27,28)(H,31,32)(H4,22,23,25,26,30);1-11,17H,(H,20,21)/t12-,15+;/m1./s1. The van der Waals surface area contributed by atoms with E-state index in [1.165, 1.54) is 0 Å². The third-order valence-electron chi connectivity index (χ3n) is 9.15. The number of benzene rings is 3. The minimum absolute atomic E-state index is 0.0160. The minimum atomic E-state index is -1.28. The van der Waals surface area contributed by atoms with Crippen LogP contribution >= 0.6 is 11.6 Å². The van der Waals surface area contributed by atoms with Gasteiger partial charge in [-0.25, -0.2) is 14.8 Å². The van der Waals surface area contributed by atoms with Gasteiger partial charge in [0.1, 0.15) is 11.9 Å². The Hall–Kier alpha value is -6.48. The number of imidazole rings is 2. The lowest BCUT2D eigenvalue weighted by Gasteiger charge is -2.25. The number of nitrogens with two attached hydrogens (primary N) is 1. The van der Waals surface area contributed by atoms with Gasteiger partial charge in [-0.2, -0.15) is 4.98 Å². The molecule has 1 unspecified atom stereocenters. The van der Waals surface area contributed by atoms with Gasteiger partial charge < -0.3 is 41.1 Å². The van der Waals surface area contributed by atoms with Crippen molar-refractivity contribution in [2.24, 2.45) is 5.92 Å². The molecule has 0 radical (unpaired) electrons. The number of carboxylic acids is 2. The summed E-state index contributed by atoms with van der Waals surface area (Å²) < 4.78 is 2.07. The number of carbonyl (C=O) groups is 3. The molecule has 1 aliphatic heterocycles. The van der Waals surface area contributed by atoms with E-state index in [2.05, 4.69) is 58.3 Å². The quantitative estimate of drug-likeness (QED) is 0.0908. The molecule has 7 rings (SSSR count). The van der Waals surface area contributed by atoms with Gasteiger partial charge in [0.05, 0.1) is 35.3 Å². The molecule has 0 fully saturated rings. The fourth-order valence-electron chi connectivity index (χ4n) is 6.38. The second-order valence-electron chi connectivity index (χ2n) is 12.9. The Labute approximate surface area is 313 Å². The summed E-state index contributed by atoms with van der Waals surface area (Å²) in [5, 5.41) is 24.1. The molecule has 1 aliphatic rings. The van der Waals surface area contributed by atoms with Crippen molar-refractivity contribution in [3.63, 3.8) is 0 Å². The van der Waals surface area contributed by atoms with Crippen LogP contribution in [0.4, 0.5) is 11.8 Å². The first-order valence-corrected chi connectivity index (χ1v) is 17.5. The Balaban J connectivity index is 0.000000196. The molecule has 16 heteroatoms. The van der Waals surface area contributed by atoms with Gasteiger partial charge in [-0.3, -0.25) is 14.4 Å². The number of amides is 1. The van der Waals surface area contributed by atoms with Crippen LogP contribution < -0.4 is 21.9 Å². The van der Waals surface area contributed by atoms with Crippen molar-refractivity contribution >= 4 is 52.2 Å². The monoisotopic (exact) mass is 751 g/mol. The van der Waals surface area contributed by atoms with E-state index in [0.29, 0.717) is 29.9 Å². The number of aliphatic carboxylic acids is 2. The van der Waals surface area contributed by atoms with E-state index in [-0.39, 0.29) is 36.3 Å². The van der Waals surface area contributed by atoms with E-state index in [9.17, 15) is 19.2 Å². The fourth-order valence-corrected chi connectivity index (χ4v) is 6.58. The predicted molar refractivity (Wildman–Crippen MR) is 202 cm³/mol. The van der Waals surface area contributed by atoms with E-state index in [1.807, 2.05) is 36.8 Å². The molecule has 3 aromatic heterocycles. The molecule has 0 spiro atoms.